The zero-order chi connectivity index (χ0) is 13.7. The summed E-state index contributed by atoms with van der Waals surface area (Å²) in [5.74, 6) is 1.53. The maximum absolute atomic E-state index is 6.47. The Bertz CT molecular complexity index is 400. The lowest BCUT2D eigenvalue weighted by atomic mass is 9.88. The first-order valence-electron chi connectivity index (χ1n) is 7.40. The van der Waals surface area contributed by atoms with Crippen LogP contribution in [0.15, 0.2) is 22.7 Å². The van der Waals surface area contributed by atoms with Gasteiger partial charge in [-0.25, -0.2) is 0 Å². The molecule has 1 aromatic carbocycles. The number of rotatable bonds is 4. The second-order valence-corrected chi connectivity index (χ2v) is 6.25. The van der Waals surface area contributed by atoms with Crippen molar-refractivity contribution in [1.82, 2.24) is 0 Å². The first kappa shape index (κ1) is 14.9. The minimum absolute atomic E-state index is 0.157. The molecule has 19 heavy (non-hydrogen) atoms. The topological polar surface area (TPSA) is 35.2 Å². The third kappa shape index (κ3) is 3.96. The summed E-state index contributed by atoms with van der Waals surface area (Å²) >= 11 is 3.58. The third-order valence-electron chi connectivity index (χ3n) is 4.05. The monoisotopic (exact) mass is 325 g/mol. The minimum Gasteiger partial charge on any atom is -0.493 e. The molecule has 0 bridgehead atoms. The van der Waals surface area contributed by atoms with Gasteiger partial charge in [-0.2, -0.15) is 0 Å². The standard InChI is InChI=1S/C16H24BrNO/c1-2-19-15-10-9-13(11-14(15)17)16(18)12-7-5-3-4-6-8-12/h9-12,16H,2-8,18H2,1H3. The van der Waals surface area contributed by atoms with E-state index in [4.69, 9.17) is 10.5 Å². The van der Waals surface area contributed by atoms with Gasteiger partial charge in [-0.3, -0.25) is 0 Å². The van der Waals surface area contributed by atoms with Gasteiger partial charge in [0.25, 0.3) is 0 Å². The average Bonchev–Trinajstić information content (AvgIpc) is 2.69. The van der Waals surface area contributed by atoms with Crippen LogP contribution < -0.4 is 10.5 Å². The summed E-state index contributed by atoms with van der Waals surface area (Å²) in [5.41, 5.74) is 7.69. The predicted octanol–water partition coefficient (Wildman–Crippen LogP) is 4.82. The fourth-order valence-electron chi connectivity index (χ4n) is 2.94. The van der Waals surface area contributed by atoms with Gasteiger partial charge in [0.2, 0.25) is 0 Å². The highest BCUT2D eigenvalue weighted by Crippen LogP contribution is 2.35. The molecule has 1 aliphatic rings. The van der Waals surface area contributed by atoms with Gasteiger partial charge in [-0.05, 0) is 59.3 Å². The van der Waals surface area contributed by atoms with Crippen LogP contribution >= 0.6 is 15.9 Å². The Morgan fingerprint density at radius 3 is 2.53 bits per heavy atom. The van der Waals surface area contributed by atoms with E-state index in [0.717, 1.165) is 10.2 Å². The number of halogens is 1. The predicted molar refractivity (Wildman–Crippen MR) is 83.4 cm³/mol. The van der Waals surface area contributed by atoms with Crippen molar-refractivity contribution in [2.75, 3.05) is 6.61 Å². The third-order valence-corrected chi connectivity index (χ3v) is 4.67. The molecule has 1 aliphatic carbocycles. The van der Waals surface area contributed by atoms with Crippen LogP contribution in [0.5, 0.6) is 5.75 Å². The maximum Gasteiger partial charge on any atom is 0.133 e. The van der Waals surface area contributed by atoms with E-state index in [1.165, 1.54) is 44.1 Å². The first-order chi connectivity index (χ1) is 9.22. The van der Waals surface area contributed by atoms with Crippen molar-refractivity contribution < 1.29 is 4.74 Å². The van der Waals surface area contributed by atoms with Crippen LogP contribution in [0.25, 0.3) is 0 Å². The van der Waals surface area contributed by atoms with Gasteiger partial charge >= 0.3 is 0 Å². The molecule has 1 atom stereocenters. The van der Waals surface area contributed by atoms with Crippen LogP contribution in [0, 0.1) is 5.92 Å². The lowest BCUT2D eigenvalue weighted by molar-refractivity contribution is 0.337. The smallest absolute Gasteiger partial charge is 0.133 e. The first-order valence-corrected chi connectivity index (χ1v) is 8.19. The summed E-state index contributed by atoms with van der Waals surface area (Å²) in [4.78, 5) is 0. The van der Waals surface area contributed by atoms with Crippen LogP contribution in [-0.4, -0.2) is 6.61 Å². The van der Waals surface area contributed by atoms with E-state index in [0.29, 0.717) is 12.5 Å². The Kier molecular flexibility index (Phi) is 5.71. The van der Waals surface area contributed by atoms with E-state index < -0.39 is 0 Å². The van der Waals surface area contributed by atoms with E-state index in [9.17, 15) is 0 Å². The molecule has 0 amide bonds. The molecule has 2 rings (SSSR count). The summed E-state index contributed by atoms with van der Waals surface area (Å²) < 4.78 is 6.56. The Labute approximate surface area is 124 Å². The quantitative estimate of drug-likeness (QED) is 0.805. The number of nitrogens with two attached hydrogens (primary N) is 1. The molecule has 106 valence electrons. The molecule has 2 N–H and O–H groups in total. The van der Waals surface area contributed by atoms with E-state index >= 15 is 0 Å². The van der Waals surface area contributed by atoms with Crippen molar-refractivity contribution in [3.63, 3.8) is 0 Å². The molecule has 3 heteroatoms. The Hall–Kier alpha value is -0.540. The van der Waals surface area contributed by atoms with Gasteiger partial charge in [0.05, 0.1) is 11.1 Å². The highest BCUT2D eigenvalue weighted by atomic mass is 79.9. The number of hydrogen-bond donors (Lipinski definition) is 1. The fraction of sp³-hybridized carbons (Fsp3) is 0.625. The molecule has 1 aromatic rings. The second kappa shape index (κ2) is 7.30. The lowest BCUT2D eigenvalue weighted by Gasteiger charge is -2.23. The van der Waals surface area contributed by atoms with Gasteiger partial charge in [-0.1, -0.05) is 31.7 Å². The molecule has 0 spiro atoms. The lowest BCUT2D eigenvalue weighted by Crippen LogP contribution is -2.21. The van der Waals surface area contributed by atoms with Gasteiger partial charge in [-0.15, -0.1) is 0 Å². The largest absolute Gasteiger partial charge is 0.493 e. The van der Waals surface area contributed by atoms with E-state index in [1.54, 1.807) is 0 Å². The van der Waals surface area contributed by atoms with Crippen LogP contribution in [0.3, 0.4) is 0 Å². The van der Waals surface area contributed by atoms with E-state index in [-0.39, 0.29) is 6.04 Å². The van der Waals surface area contributed by atoms with Gasteiger partial charge < -0.3 is 10.5 Å². The molecule has 1 saturated carbocycles. The van der Waals surface area contributed by atoms with Crippen molar-refractivity contribution in [1.29, 1.82) is 0 Å². The number of benzene rings is 1. The molecule has 0 saturated heterocycles. The Morgan fingerprint density at radius 1 is 1.26 bits per heavy atom. The molecule has 1 unspecified atom stereocenters. The molecule has 2 nitrogen and oxygen atoms in total. The second-order valence-electron chi connectivity index (χ2n) is 5.40. The molecule has 0 radical (unpaired) electrons. The highest BCUT2D eigenvalue weighted by molar-refractivity contribution is 9.10. The number of hydrogen-bond acceptors (Lipinski definition) is 2. The van der Waals surface area contributed by atoms with Crippen LogP contribution in [-0.2, 0) is 0 Å². The molecular weight excluding hydrogens is 302 g/mol. The van der Waals surface area contributed by atoms with Crippen LogP contribution in [0.4, 0.5) is 0 Å². The van der Waals surface area contributed by atoms with Gasteiger partial charge in [0.1, 0.15) is 5.75 Å². The van der Waals surface area contributed by atoms with E-state index in [1.807, 2.05) is 13.0 Å². The van der Waals surface area contributed by atoms with Gasteiger partial charge in [0, 0.05) is 6.04 Å². The van der Waals surface area contributed by atoms with Crippen LogP contribution in [0.1, 0.15) is 57.1 Å². The highest BCUT2D eigenvalue weighted by Gasteiger charge is 2.21. The van der Waals surface area contributed by atoms with Crippen molar-refractivity contribution in [3.8, 4) is 5.75 Å². The fourth-order valence-corrected chi connectivity index (χ4v) is 3.45. The summed E-state index contributed by atoms with van der Waals surface area (Å²) in [7, 11) is 0. The van der Waals surface area contributed by atoms with Crippen molar-refractivity contribution >= 4 is 15.9 Å². The summed E-state index contributed by atoms with van der Waals surface area (Å²) in [5, 5.41) is 0. The van der Waals surface area contributed by atoms with Crippen molar-refractivity contribution in [3.05, 3.63) is 28.2 Å². The average molecular weight is 326 g/mol. The zero-order valence-electron chi connectivity index (χ0n) is 11.7. The minimum atomic E-state index is 0.157. The van der Waals surface area contributed by atoms with E-state index in [2.05, 4.69) is 28.1 Å². The van der Waals surface area contributed by atoms with Crippen molar-refractivity contribution in [2.45, 2.75) is 51.5 Å². The molecular formula is C16H24BrNO. The zero-order valence-corrected chi connectivity index (χ0v) is 13.3. The summed E-state index contributed by atoms with van der Waals surface area (Å²) in [6.45, 7) is 2.68. The molecule has 1 fully saturated rings. The normalized spacial score (nSPS) is 18.9. The van der Waals surface area contributed by atoms with Gasteiger partial charge in [0.15, 0.2) is 0 Å². The molecule has 0 heterocycles. The molecule has 0 aliphatic heterocycles. The maximum atomic E-state index is 6.47. The summed E-state index contributed by atoms with van der Waals surface area (Å²) in [6.07, 6.45) is 7.94. The number of ether oxygens (including phenoxy) is 1. The van der Waals surface area contributed by atoms with Crippen LogP contribution in [0.2, 0.25) is 0 Å². The Balaban J connectivity index is 2.09. The Morgan fingerprint density at radius 2 is 1.95 bits per heavy atom. The molecule has 0 aromatic heterocycles. The SMILES string of the molecule is CCOc1ccc(C(N)C2CCCCCC2)cc1Br. The van der Waals surface area contributed by atoms with Crippen molar-refractivity contribution in [2.24, 2.45) is 11.7 Å². The summed E-state index contributed by atoms with van der Waals surface area (Å²) in [6, 6.07) is 6.43.